The molecular weight excluding hydrogens is 385 g/mol. The van der Waals surface area contributed by atoms with Crippen LogP contribution >= 0.6 is 0 Å². The van der Waals surface area contributed by atoms with Crippen molar-refractivity contribution in [3.05, 3.63) is 47.3 Å². The summed E-state index contributed by atoms with van der Waals surface area (Å²) in [5.41, 5.74) is 0.640. The van der Waals surface area contributed by atoms with Crippen LogP contribution in [0.1, 0.15) is 53.7 Å². The molecule has 156 valence electrons. The number of aryl methyl sites for hydroxylation is 1. The SMILES string of the molecule is Cc1cc(C(=O)NC2CCCCC2)ccc1NC(=O)Cn1ccc(C(F)(F)F)n1. The monoisotopic (exact) mass is 408 g/mol. The lowest BCUT2D eigenvalue weighted by atomic mass is 9.95. The Kier molecular flexibility index (Phi) is 6.24. The molecule has 0 atom stereocenters. The Hall–Kier alpha value is -2.84. The van der Waals surface area contributed by atoms with E-state index in [2.05, 4.69) is 15.7 Å². The second kappa shape index (κ2) is 8.67. The van der Waals surface area contributed by atoms with Gasteiger partial charge in [0.1, 0.15) is 6.54 Å². The Morgan fingerprint density at radius 1 is 1.17 bits per heavy atom. The fourth-order valence-corrected chi connectivity index (χ4v) is 3.40. The van der Waals surface area contributed by atoms with Gasteiger partial charge in [-0.3, -0.25) is 14.3 Å². The van der Waals surface area contributed by atoms with E-state index in [9.17, 15) is 22.8 Å². The van der Waals surface area contributed by atoms with Gasteiger partial charge in [0, 0.05) is 23.5 Å². The molecule has 2 amide bonds. The molecule has 0 aliphatic heterocycles. The second-order valence-corrected chi connectivity index (χ2v) is 7.28. The zero-order chi connectivity index (χ0) is 21.0. The lowest BCUT2D eigenvalue weighted by Crippen LogP contribution is -2.36. The normalized spacial score (nSPS) is 15.2. The van der Waals surface area contributed by atoms with E-state index in [0.29, 0.717) is 16.8 Å². The summed E-state index contributed by atoms with van der Waals surface area (Å²) in [7, 11) is 0. The summed E-state index contributed by atoms with van der Waals surface area (Å²) in [6.07, 6.45) is 1.98. The first-order valence-corrected chi connectivity index (χ1v) is 9.54. The number of benzene rings is 1. The Labute approximate surface area is 166 Å². The maximum Gasteiger partial charge on any atom is 0.435 e. The molecule has 0 bridgehead atoms. The smallest absolute Gasteiger partial charge is 0.349 e. The first kappa shape index (κ1) is 20.9. The van der Waals surface area contributed by atoms with E-state index >= 15 is 0 Å². The molecule has 29 heavy (non-hydrogen) atoms. The molecular formula is C20H23F3N4O2. The maximum atomic E-state index is 12.6. The van der Waals surface area contributed by atoms with Crippen LogP contribution in [0.15, 0.2) is 30.5 Å². The van der Waals surface area contributed by atoms with Gasteiger partial charge in [0.15, 0.2) is 5.69 Å². The number of hydrogen-bond donors (Lipinski definition) is 2. The van der Waals surface area contributed by atoms with E-state index < -0.39 is 17.8 Å². The van der Waals surface area contributed by atoms with Gasteiger partial charge in [0.2, 0.25) is 5.91 Å². The van der Waals surface area contributed by atoms with Gasteiger partial charge in [-0.2, -0.15) is 18.3 Å². The standard InChI is InChI=1S/C20H23F3N4O2/c1-13-11-14(19(29)24-15-5-3-2-4-6-15)7-8-16(13)25-18(28)12-27-10-9-17(26-27)20(21,22)23/h7-11,15H,2-6,12H2,1H3,(H,24,29)(H,25,28). The first-order valence-electron chi connectivity index (χ1n) is 9.54. The first-order chi connectivity index (χ1) is 13.7. The van der Waals surface area contributed by atoms with E-state index in [1.165, 1.54) is 6.42 Å². The summed E-state index contributed by atoms with van der Waals surface area (Å²) >= 11 is 0. The third kappa shape index (κ3) is 5.58. The average molecular weight is 408 g/mol. The number of nitrogens with zero attached hydrogens (tertiary/aromatic N) is 2. The predicted octanol–water partition coefficient (Wildman–Crippen LogP) is 3.91. The molecule has 2 N–H and O–H groups in total. The van der Waals surface area contributed by atoms with Crippen molar-refractivity contribution in [3.63, 3.8) is 0 Å². The number of carbonyl (C=O) groups is 2. The molecule has 1 heterocycles. The van der Waals surface area contributed by atoms with E-state index in [1.54, 1.807) is 25.1 Å². The minimum absolute atomic E-state index is 0.144. The maximum absolute atomic E-state index is 12.6. The van der Waals surface area contributed by atoms with E-state index in [0.717, 1.165) is 42.6 Å². The number of amides is 2. The molecule has 9 heteroatoms. The van der Waals surface area contributed by atoms with Crippen molar-refractivity contribution < 1.29 is 22.8 Å². The molecule has 0 unspecified atom stereocenters. The van der Waals surface area contributed by atoms with Crippen molar-refractivity contribution in [1.29, 1.82) is 0 Å². The predicted molar refractivity (Wildman–Crippen MR) is 101 cm³/mol. The summed E-state index contributed by atoms with van der Waals surface area (Å²) in [4.78, 5) is 24.6. The van der Waals surface area contributed by atoms with E-state index in [1.807, 2.05) is 0 Å². The molecule has 0 radical (unpaired) electrons. The summed E-state index contributed by atoms with van der Waals surface area (Å²) in [6, 6.07) is 5.94. The zero-order valence-electron chi connectivity index (χ0n) is 16.1. The van der Waals surface area contributed by atoms with Crippen LogP contribution in [0.4, 0.5) is 18.9 Å². The van der Waals surface area contributed by atoms with Crippen molar-refractivity contribution >= 4 is 17.5 Å². The van der Waals surface area contributed by atoms with Gasteiger partial charge in [-0.15, -0.1) is 0 Å². The number of hydrogen-bond acceptors (Lipinski definition) is 3. The number of rotatable bonds is 5. The molecule has 1 saturated carbocycles. The Bertz CT molecular complexity index is 886. The molecule has 0 spiro atoms. The largest absolute Gasteiger partial charge is 0.435 e. The van der Waals surface area contributed by atoms with E-state index in [4.69, 9.17) is 0 Å². The Morgan fingerprint density at radius 2 is 1.90 bits per heavy atom. The van der Waals surface area contributed by atoms with Crippen LogP contribution in [0, 0.1) is 6.92 Å². The molecule has 2 aromatic rings. The highest BCUT2D eigenvalue weighted by atomic mass is 19.4. The number of halogens is 3. The summed E-state index contributed by atoms with van der Waals surface area (Å²) < 4.78 is 38.7. The van der Waals surface area contributed by atoms with Gasteiger partial charge in [0.25, 0.3) is 5.91 Å². The number of nitrogens with one attached hydrogen (secondary N) is 2. The quantitative estimate of drug-likeness (QED) is 0.788. The highest BCUT2D eigenvalue weighted by Crippen LogP contribution is 2.27. The third-order valence-corrected chi connectivity index (χ3v) is 4.94. The topological polar surface area (TPSA) is 76.0 Å². The molecule has 1 fully saturated rings. The number of anilines is 1. The highest BCUT2D eigenvalue weighted by Gasteiger charge is 2.33. The molecule has 1 aromatic carbocycles. The van der Waals surface area contributed by atoms with Gasteiger partial charge in [-0.25, -0.2) is 0 Å². The van der Waals surface area contributed by atoms with Crippen molar-refractivity contribution in [1.82, 2.24) is 15.1 Å². The third-order valence-electron chi connectivity index (χ3n) is 4.94. The van der Waals surface area contributed by atoms with Crippen LogP contribution in [-0.2, 0) is 17.5 Å². The van der Waals surface area contributed by atoms with Gasteiger partial charge in [0.05, 0.1) is 0 Å². The average Bonchev–Trinajstić information content (AvgIpc) is 3.13. The Morgan fingerprint density at radius 3 is 2.52 bits per heavy atom. The van der Waals surface area contributed by atoms with Crippen LogP contribution in [0.5, 0.6) is 0 Å². The van der Waals surface area contributed by atoms with Crippen molar-refractivity contribution in [2.24, 2.45) is 0 Å². The van der Waals surface area contributed by atoms with Crippen LogP contribution in [0.25, 0.3) is 0 Å². The number of carbonyl (C=O) groups excluding carboxylic acids is 2. The molecule has 1 aliphatic rings. The van der Waals surface area contributed by atoms with Crippen LogP contribution < -0.4 is 10.6 Å². The molecule has 1 aromatic heterocycles. The number of alkyl halides is 3. The van der Waals surface area contributed by atoms with Crippen LogP contribution in [-0.4, -0.2) is 27.6 Å². The van der Waals surface area contributed by atoms with Crippen molar-refractivity contribution in [2.75, 3.05) is 5.32 Å². The zero-order valence-corrected chi connectivity index (χ0v) is 16.1. The van der Waals surface area contributed by atoms with Gasteiger partial charge in [-0.1, -0.05) is 19.3 Å². The molecule has 1 aliphatic carbocycles. The highest BCUT2D eigenvalue weighted by molar-refractivity contribution is 5.96. The fraction of sp³-hybridized carbons (Fsp3) is 0.450. The minimum atomic E-state index is -4.55. The Balaban J connectivity index is 1.59. The van der Waals surface area contributed by atoms with Crippen LogP contribution in [0.2, 0.25) is 0 Å². The fourth-order valence-electron chi connectivity index (χ4n) is 3.40. The van der Waals surface area contributed by atoms with Crippen molar-refractivity contribution in [3.8, 4) is 0 Å². The summed E-state index contributed by atoms with van der Waals surface area (Å²) in [5.74, 6) is -0.654. The summed E-state index contributed by atoms with van der Waals surface area (Å²) in [5, 5.41) is 9.04. The van der Waals surface area contributed by atoms with E-state index in [-0.39, 0.29) is 18.5 Å². The van der Waals surface area contributed by atoms with Gasteiger partial charge in [-0.05, 0) is 49.6 Å². The second-order valence-electron chi connectivity index (χ2n) is 7.28. The lowest BCUT2D eigenvalue weighted by Gasteiger charge is -2.23. The molecule has 6 nitrogen and oxygen atoms in total. The molecule has 3 rings (SSSR count). The minimum Gasteiger partial charge on any atom is -0.349 e. The van der Waals surface area contributed by atoms with Crippen molar-refractivity contribution in [2.45, 2.75) is 57.8 Å². The number of aromatic nitrogens is 2. The van der Waals surface area contributed by atoms with Gasteiger partial charge >= 0.3 is 6.18 Å². The molecule has 0 saturated heterocycles. The summed E-state index contributed by atoms with van der Waals surface area (Å²) in [6.45, 7) is 1.40. The lowest BCUT2D eigenvalue weighted by molar-refractivity contribution is -0.141. The van der Waals surface area contributed by atoms with Crippen LogP contribution in [0.3, 0.4) is 0 Å². The van der Waals surface area contributed by atoms with Gasteiger partial charge < -0.3 is 10.6 Å².